The van der Waals surface area contributed by atoms with Gasteiger partial charge in [-0.25, -0.2) is 14.8 Å². The molecule has 10 nitrogen and oxygen atoms in total. The fraction of sp³-hybridized carbons (Fsp3) is 0.378. The Morgan fingerprint density at radius 1 is 1.04 bits per heavy atom. The fourth-order valence-electron chi connectivity index (χ4n) is 7.42. The highest BCUT2D eigenvalue weighted by atomic mass is 32.1. The second-order valence-corrected chi connectivity index (χ2v) is 13.8. The number of carboxylic acids is 1. The fourth-order valence-corrected chi connectivity index (χ4v) is 8.28. The summed E-state index contributed by atoms with van der Waals surface area (Å²) in [5, 5.41) is 18.7. The lowest BCUT2D eigenvalue weighted by Gasteiger charge is -2.31. The number of aromatic nitrogens is 4. The van der Waals surface area contributed by atoms with E-state index >= 15 is 0 Å². The molecular weight excluding hydrogens is 625 g/mol. The van der Waals surface area contributed by atoms with Crippen molar-refractivity contribution in [1.29, 1.82) is 0 Å². The zero-order chi connectivity index (χ0) is 33.2. The molecule has 1 amide bonds. The Hall–Kier alpha value is -4.61. The van der Waals surface area contributed by atoms with Gasteiger partial charge in [-0.15, -0.1) is 0 Å². The quantitative estimate of drug-likeness (QED) is 0.157. The lowest BCUT2D eigenvalue weighted by Crippen LogP contribution is -2.33. The van der Waals surface area contributed by atoms with Crippen LogP contribution in [0.4, 0.5) is 10.9 Å². The first kappa shape index (κ1) is 32.0. The van der Waals surface area contributed by atoms with E-state index in [2.05, 4.69) is 15.0 Å². The summed E-state index contributed by atoms with van der Waals surface area (Å²) in [4.78, 5) is 37.5. The Kier molecular flexibility index (Phi) is 9.23. The first-order valence-corrected chi connectivity index (χ1v) is 17.5. The molecule has 1 atom stereocenters. The number of ether oxygens (including phenoxy) is 1. The largest absolute Gasteiger partial charge is 0.476 e. The molecule has 2 aromatic carbocycles. The van der Waals surface area contributed by atoms with Crippen molar-refractivity contribution in [2.75, 3.05) is 30.5 Å². The third-order valence-corrected chi connectivity index (χ3v) is 10.9. The molecule has 4 heterocycles. The number of anilines is 2. The zero-order valence-corrected chi connectivity index (χ0v) is 28.1. The number of hydrogen-bond acceptors (Lipinski definition) is 8. The van der Waals surface area contributed by atoms with Gasteiger partial charge in [0, 0.05) is 49.2 Å². The number of amides is 1. The average molecular weight is 665 g/mol. The molecule has 0 spiro atoms. The number of nitrogens with zero attached hydrogens (tertiary/aromatic N) is 5. The predicted molar refractivity (Wildman–Crippen MR) is 188 cm³/mol. The molecule has 2 aliphatic rings. The summed E-state index contributed by atoms with van der Waals surface area (Å²) in [6.07, 6.45) is 9.43. The minimum atomic E-state index is -1.09. The van der Waals surface area contributed by atoms with E-state index in [4.69, 9.17) is 14.8 Å². The third kappa shape index (κ3) is 6.32. The lowest BCUT2D eigenvalue weighted by atomic mass is 9.82. The molecule has 0 saturated heterocycles. The van der Waals surface area contributed by atoms with Crippen molar-refractivity contribution in [2.45, 2.75) is 64.5 Å². The molecule has 1 aliphatic heterocycles. The van der Waals surface area contributed by atoms with Crippen LogP contribution < -0.4 is 10.2 Å². The van der Waals surface area contributed by atoms with Crippen LogP contribution in [0.25, 0.3) is 21.3 Å². The van der Waals surface area contributed by atoms with Gasteiger partial charge in [-0.3, -0.25) is 14.8 Å². The highest BCUT2D eigenvalue weighted by Crippen LogP contribution is 2.38. The Bertz CT molecular complexity index is 1930. The van der Waals surface area contributed by atoms with E-state index in [0.29, 0.717) is 54.1 Å². The van der Waals surface area contributed by atoms with Crippen LogP contribution in [0.3, 0.4) is 0 Å². The van der Waals surface area contributed by atoms with Gasteiger partial charge in [0.05, 0.1) is 22.5 Å². The van der Waals surface area contributed by atoms with Gasteiger partial charge in [0.2, 0.25) is 0 Å². The predicted octanol–water partition coefficient (Wildman–Crippen LogP) is 7.53. The molecule has 7 rings (SSSR count). The molecule has 1 fully saturated rings. The molecular formula is C37H40N6O4S. The molecule has 1 aliphatic carbocycles. The van der Waals surface area contributed by atoms with Crippen molar-refractivity contribution in [1.82, 2.24) is 19.7 Å². The van der Waals surface area contributed by atoms with Crippen LogP contribution in [-0.4, -0.2) is 57.0 Å². The number of carbonyl (C=O) groups excluding carboxylic acids is 1. The van der Waals surface area contributed by atoms with Crippen LogP contribution >= 0.6 is 11.3 Å². The SMILES string of the molecule is COCCC(C1CCCCC1)n1ncc(-c2ccc(N3CCc4cccc(C(=O)Nc5nc6ccccc6s5)c4C3)nc2C(=O)O)c1C. The molecule has 48 heavy (non-hydrogen) atoms. The van der Waals surface area contributed by atoms with E-state index in [9.17, 15) is 14.7 Å². The standard InChI is InChI=1S/C37H40N6O4S/c1-23-28(21-38-43(23)31(18-20-47-2)25-9-4-3-5-10-25)26-15-16-33(40-34(26)36(45)46)42-19-17-24-11-8-12-27(29(24)22-42)35(44)41-37-39-30-13-6-7-14-32(30)48-37/h6-8,11-16,21,25,31H,3-5,9-10,17-20,22H2,1-2H3,(H,45,46)(H,39,41,44). The van der Waals surface area contributed by atoms with E-state index in [0.717, 1.165) is 39.0 Å². The van der Waals surface area contributed by atoms with Crippen molar-refractivity contribution >= 4 is 44.4 Å². The molecule has 1 saturated carbocycles. The van der Waals surface area contributed by atoms with Gasteiger partial charge in [-0.1, -0.05) is 54.9 Å². The molecule has 0 radical (unpaired) electrons. The summed E-state index contributed by atoms with van der Waals surface area (Å²) in [6.45, 7) is 3.76. The van der Waals surface area contributed by atoms with Gasteiger partial charge in [0.1, 0.15) is 5.82 Å². The van der Waals surface area contributed by atoms with Crippen molar-refractivity contribution in [2.24, 2.45) is 5.92 Å². The minimum absolute atomic E-state index is 0.00563. The number of carboxylic acid groups (broad SMARTS) is 1. The number of hydrogen-bond donors (Lipinski definition) is 2. The van der Waals surface area contributed by atoms with E-state index in [1.165, 1.54) is 43.4 Å². The molecule has 2 N–H and O–H groups in total. The van der Waals surface area contributed by atoms with Crippen molar-refractivity contribution in [3.05, 3.63) is 88.9 Å². The summed E-state index contributed by atoms with van der Waals surface area (Å²) >= 11 is 1.44. The van der Waals surface area contributed by atoms with E-state index < -0.39 is 5.97 Å². The number of benzene rings is 2. The topological polar surface area (TPSA) is 122 Å². The van der Waals surface area contributed by atoms with Crippen molar-refractivity contribution in [3.8, 4) is 11.1 Å². The normalized spacial score (nSPS) is 15.8. The highest BCUT2D eigenvalue weighted by molar-refractivity contribution is 7.22. The van der Waals surface area contributed by atoms with Crippen LogP contribution in [0, 0.1) is 12.8 Å². The summed E-state index contributed by atoms with van der Waals surface area (Å²) < 4.78 is 8.56. The lowest BCUT2D eigenvalue weighted by molar-refractivity contribution is 0.0691. The second-order valence-electron chi connectivity index (χ2n) is 12.8. The number of methoxy groups -OCH3 is 1. The Morgan fingerprint density at radius 3 is 2.67 bits per heavy atom. The average Bonchev–Trinajstić information content (AvgIpc) is 3.70. The minimum Gasteiger partial charge on any atom is -0.476 e. The first-order valence-electron chi connectivity index (χ1n) is 16.7. The summed E-state index contributed by atoms with van der Waals surface area (Å²) in [7, 11) is 1.73. The molecule has 248 valence electrons. The maximum atomic E-state index is 13.5. The van der Waals surface area contributed by atoms with E-state index in [-0.39, 0.29) is 17.6 Å². The highest BCUT2D eigenvalue weighted by Gasteiger charge is 2.29. The van der Waals surface area contributed by atoms with Gasteiger partial charge in [-0.05, 0) is 80.0 Å². The first-order chi connectivity index (χ1) is 23.4. The van der Waals surface area contributed by atoms with Crippen LogP contribution in [0.5, 0.6) is 0 Å². The zero-order valence-electron chi connectivity index (χ0n) is 27.3. The van der Waals surface area contributed by atoms with Crippen LogP contribution in [0.2, 0.25) is 0 Å². The van der Waals surface area contributed by atoms with Crippen LogP contribution in [0.1, 0.15) is 82.2 Å². The molecule has 1 unspecified atom stereocenters. The second kappa shape index (κ2) is 13.9. The summed E-state index contributed by atoms with van der Waals surface area (Å²) in [5.74, 6) is -0.217. The number of carbonyl (C=O) groups is 2. The third-order valence-electron chi connectivity index (χ3n) is 9.90. The molecule has 11 heteroatoms. The Morgan fingerprint density at radius 2 is 1.88 bits per heavy atom. The van der Waals surface area contributed by atoms with Gasteiger partial charge in [0.25, 0.3) is 5.91 Å². The maximum absolute atomic E-state index is 13.5. The van der Waals surface area contributed by atoms with Crippen LogP contribution in [-0.2, 0) is 17.7 Å². The number of thiazole rings is 1. The monoisotopic (exact) mass is 664 g/mol. The number of aromatic carboxylic acids is 1. The maximum Gasteiger partial charge on any atom is 0.355 e. The Labute approximate surface area is 283 Å². The van der Waals surface area contributed by atoms with Crippen molar-refractivity contribution < 1.29 is 19.4 Å². The summed E-state index contributed by atoms with van der Waals surface area (Å²) in [6, 6.07) is 17.5. The van der Waals surface area contributed by atoms with E-state index in [1.807, 2.05) is 66.4 Å². The number of rotatable bonds is 10. The molecule has 5 aromatic rings. The number of nitrogens with one attached hydrogen (secondary N) is 1. The van der Waals surface area contributed by atoms with Gasteiger partial charge < -0.3 is 14.7 Å². The number of para-hydroxylation sites is 1. The number of fused-ring (bicyclic) bond motifs is 2. The van der Waals surface area contributed by atoms with Gasteiger partial charge in [0.15, 0.2) is 10.8 Å². The van der Waals surface area contributed by atoms with Crippen LogP contribution in [0.15, 0.2) is 60.8 Å². The molecule has 3 aromatic heterocycles. The van der Waals surface area contributed by atoms with Gasteiger partial charge >= 0.3 is 5.97 Å². The number of pyridine rings is 1. The van der Waals surface area contributed by atoms with Gasteiger partial charge in [-0.2, -0.15) is 5.10 Å². The Balaban J connectivity index is 1.15. The van der Waals surface area contributed by atoms with E-state index in [1.54, 1.807) is 13.3 Å². The molecule has 0 bridgehead atoms. The smallest absolute Gasteiger partial charge is 0.355 e. The summed E-state index contributed by atoms with van der Waals surface area (Å²) in [5.41, 5.74) is 5.70. The van der Waals surface area contributed by atoms with Crippen molar-refractivity contribution in [3.63, 3.8) is 0 Å².